The summed E-state index contributed by atoms with van der Waals surface area (Å²) in [6.07, 6.45) is 1.23. The molecule has 1 rings (SSSR count). The molecule has 5 heteroatoms. The maximum absolute atomic E-state index is 11.3. The van der Waals surface area contributed by atoms with Crippen LogP contribution in [0.5, 0.6) is 5.88 Å². The van der Waals surface area contributed by atoms with Crippen molar-refractivity contribution in [1.82, 2.24) is 9.97 Å². The summed E-state index contributed by atoms with van der Waals surface area (Å²) in [5, 5.41) is 10.8. The Morgan fingerprint density at radius 3 is 2.57 bits per heavy atom. The highest BCUT2D eigenvalue weighted by Crippen LogP contribution is 2.11. The molecule has 0 saturated carbocycles. The first kappa shape index (κ1) is 10.4. The molecule has 0 aliphatic rings. The van der Waals surface area contributed by atoms with Gasteiger partial charge in [0.25, 0.3) is 5.88 Å². The zero-order chi connectivity index (χ0) is 10.8. The van der Waals surface area contributed by atoms with E-state index in [2.05, 4.69) is 9.97 Å². The van der Waals surface area contributed by atoms with E-state index in [0.717, 1.165) is 0 Å². The van der Waals surface area contributed by atoms with E-state index in [1.807, 2.05) is 0 Å². The molecule has 0 fully saturated rings. The average molecular weight is 195 g/mol. The maximum atomic E-state index is 11.3. The van der Waals surface area contributed by atoms with E-state index >= 15 is 0 Å². The maximum Gasteiger partial charge on any atom is 0.377 e. The second-order valence-corrected chi connectivity index (χ2v) is 3.72. The van der Waals surface area contributed by atoms with Crippen molar-refractivity contribution in [2.45, 2.75) is 26.4 Å². The van der Waals surface area contributed by atoms with Crippen molar-refractivity contribution in [2.75, 3.05) is 0 Å². The zero-order valence-corrected chi connectivity index (χ0v) is 8.27. The lowest BCUT2D eigenvalue weighted by atomic mass is 10.2. The van der Waals surface area contributed by atoms with Gasteiger partial charge in [0.1, 0.15) is 5.60 Å². The van der Waals surface area contributed by atoms with Gasteiger partial charge in [-0.3, -0.25) is 5.11 Å². The SMILES string of the molecule is CC(C)(C)OC(=O)c1nccc([O])n1. The minimum absolute atomic E-state index is 0.201. The van der Waals surface area contributed by atoms with Gasteiger partial charge in [-0.1, -0.05) is 0 Å². The van der Waals surface area contributed by atoms with Crippen LogP contribution in [0.1, 0.15) is 31.4 Å². The standard InChI is InChI=1S/C9H11N2O3/c1-9(2,3)14-8(13)7-10-5-4-6(12)11-7/h4-5H,1-3H3. The first-order chi connectivity index (χ1) is 6.38. The van der Waals surface area contributed by atoms with Crippen molar-refractivity contribution in [3.05, 3.63) is 18.1 Å². The van der Waals surface area contributed by atoms with Crippen molar-refractivity contribution in [2.24, 2.45) is 0 Å². The molecule has 0 bridgehead atoms. The molecular formula is C9H11N2O3. The van der Waals surface area contributed by atoms with Crippen molar-refractivity contribution in [1.29, 1.82) is 0 Å². The molecular weight excluding hydrogens is 184 g/mol. The quantitative estimate of drug-likeness (QED) is 0.637. The molecule has 75 valence electrons. The monoisotopic (exact) mass is 195 g/mol. The molecule has 0 aliphatic heterocycles. The summed E-state index contributed by atoms with van der Waals surface area (Å²) in [7, 11) is 0. The Hall–Kier alpha value is -1.65. The van der Waals surface area contributed by atoms with Gasteiger partial charge in [0.05, 0.1) is 0 Å². The second-order valence-electron chi connectivity index (χ2n) is 3.72. The third kappa shape index (κ3) is 3.01. The van der Waals surface area contributed by atoms with Gasteiger partial charge in [0.2, 0.25) is 5.82 Å². The Bertz CT molecular complexity index is 344. The lowest BCUT2D eigenvalue weighted by molar-refractivity contribution is 0.00540. The summed E-state index contributed by atoms with van der Waals surface area (Å²) in [6, 6.07) is 1.17. The van der Waals surface area contributed by atoms with Crippen LogP contribution in [0.4, 0.5) is 0 Å². The Morgan fingerprint density at radius 2 is 2.07 bits per heavy atom. The van der Waals surface area contributed by atoms with E-state index < -0.39 is 17.5 Å². The summed E-state index contributed by atoms with van der Waals surface area (Å²) < 4.78 is 4.98. The number of hydrogen-bond acceptors (Lipinski definition) is 4. The van der Waals surface area contributed by atoms with Crippen molar-refractivity contribution in [3.63, 3.8) is 0 Å². The summed E-state index contributed by atoms with van der Waals surface area (Å²) in [6.45, 7) is 5.18. The van der Waals surface area contributed by atoms with E-state index in [1.54, 1.807) is 20.8 Å². The van der Waals surface area contributed by atoms with Crippen LogP contribution in [0.3, 0.4) is 0 Å². The van der Waals surface area contributed by atoms with Gasteiger partial charge in [-0.15, -0.1) is 0 Å². The van der Waals surface area contributed by atoms with E-state index in [-0.39, 0.29) is 5.82 Å². The predicted octanol–water partition coefficient (Wildman–Crippen LogP) is 1.58. The fraction of sp³-hybridized carbons (Fsp3) is 0.444. The number of carbonyl (C=O) groups excluding carboxylic acids is 1. The van der Waals surface area contributed by atoms with Gasteiger partial charge in [-0.2, -0.15) is 4.98 Å². The van der Waals surface area contributed by atoms with Crippen LogP contribution in [-0.4, -0.2) is 21.5 Å². The Labute approximate surface area is 81.8 Å². The summed E-state index contributed by atoms with van der Waals surface area (Å²) in [4.78, 5) is 18.4. The van der Waals surface area contributed by atoms with E-state index in [0.29, 0.717) is 0 Å². The molecule has 0 atom stereocenters. The third-order valence-electron chi connectivity index (χ3n) is 1.21. The predicted molar refractivity (Wildman–Crippen MR) is 47.3 cm³/mol. The van der Waals surface area contributed by atoms with Gasteiger partial charge >= 0.3 is 5.97 Å². The molecule has 1 aromatic heterocycles. The zero-order valence-electron chi connectivity index (χ0n) is 8.27. The van der Waals surface area contributed by atoms with Crippen LogP contribution in [-0.2, 0) is 9.84 Å². The molecule has 0 aliphatic carbocycles. The number of aromatic nitrogens is 2. The Balaban J connectivity index is 2.80. The van der Waals surface area contributed by atoms with Gasteiger partial charge < -0.3 is 4.74 Å². The number of nitrogens with zero attached hydrogens (tertiary/aromatic N) is 2. The Morgan fingerprint density at radius 1 is 1.43 bits per heavy atom. The number of rotatable bonds is 1. The molecule has 0 unspecified atom stereocenters. The van der Waals surface area contributed by atoms with Crippen molar-refractivity contribution in [3.8, 4) is 5.88 Å². The smallest absolute Gasteiger partial charge is 0.377 e. The van der Waals surface area contributed by atoms with Gasteiger partial charge in [-0.25, -0.2) is 9.78 Å². The highest BCUT2D eigenvalue weighted by Gasteiger charge is 2.20. The van der Waals surface area contributed by atoms with Crippen LogP contribution in [0.2, 0.25) is 0 Å². The van der Waals surface area contributed by atoms with Crippen LogP contribution in [0, 0.1) is 0 Å². The number of esters is 1. The van der Waals surface area contributed by atoms with Crippen molar-refractivity contribution < 1.29 is 14.6 Å². The lowest BCUT2D eigenvalue weighted by Gasteiger charge is -2.18. The van der Waals surface area contributed by atoms with E-state index in [4.69, 9.17) is 4.74 Å². The molecule has 14 heavy (non-hydrogen) atoms. The normalized spacial score (nSPS) is 11.1. The fourth-order valence-electron chi connectivity index (χ4n) is 0.764. The molecule has 1 radical (unpaired) electrons. The Kier molecular flexibility index (Phi) is 2.69. The molecule has 0 saturated heterocycles. The molecule has 0 N–H and O–H groups in total. The van der Waals surface area contributed by atoms with E-state index in [9.17, 15) is 9.90 Å². The van der Waals surface area contributed by atoms with Crippen LogP contribution in [0.15, 0.2) is 12.3 Å². The van der Waals surface area contributed by atoms with Gasteiger partial charge in [-0.05, 0) is 20.8 Å². The minimum Gasteiger partial charge on any atom is -0.454 e. The summed E-state index contributed by atoms with van der Waals surface area (Å²) >= 11 is 0. The van der Waals surface area contributed by atoms with E-state index in [1.165, 1.54) is 12.3 Å². The molecule has 0 amide bonds. The largest absolute Gasteiger partial charge is 0.454 e. The number of ether oxygens (including phenoxy) is 1. The van der Waals surface area contributed by atoms with Gasteiger partial charge in [0.15, 0.2) is 0 Å². The second kappa shape index (κ2) is 3.61. The summed E-state index contributed by atoms with van der Waals surface area (Å²) in [5.41, 5.74) is -0.612. The average Bonchev–Trinajstić information content (AvgIpc) is 2.01. The van der Waals surface area contributed by atoms with Crippen LogP contribution < -0.4 is 0 Å². The van der Waals surface area contributed by atoms with Gasteiger partial charge in [0, 0.05) is 12.3 Å². The highest BCUT2D eigenvalue weighted by atomic mass is 16.6. The molecule has 0 aromatic carbocycles. The van der Waals surface area contributed by atoms with Crippen LogP contribution in [0.25, 0.3) is 0 Å². The molecule has 0 spiro atoms. The highest BCUT2D eigenvalue weighted by molar-refractivity contribution is 5.85. The summed E-state index contributed by atoms with van der Waals surface area (Å²) in [5.74, 6) is -1.39. The van der Waals surface area contributed by atoms with Crippen molar-refractivity contribution >= 4 is 5.97 Å². The molecule has 1 heterocycles. The molecule has 5 nitrogen and oxygen atoms in total. The minimum atomic E-state index is -0.685. The third-order valence-corrected chi connectivity index (χ3v) is 1.21. The number of hydrogen-bond donors (Lipinski definition) is 0. The first-order valence-corrected chi connectivity index (χ1v) is 4.12. The number of carbonyl (C=O) groups is 1. The van der Waals surface area contributed by atoms with Crippen LogP contribution >= 0.6 is 0 Å². The molecule has 1 aromatic rings. The lowest BCUT2D eigenvalue weighted by Crippen LogP contribution is -2.25. The topological polar surface area (TPSA) is 72.0 Å². The fourth-order valence-corrected chi connectivity index (χ4v) is 0.764. The first-order valence-electron chi connectivity index (χ1n) is 4.12.